The van der Waals surface area contributed by atoms with Crippen LogP contribution >= 0.6 is 0 Å². The smallest absolute Gasteiger partial charge is 0.334 e. The number of methoxy groups -OCH3 is 1. The van der Waals surface area contributed by atoms with Crippen LogP contribution in [0, 0.1) is 23.2 Å². The van der Waals surface area contributed by atoms with Gasteiger partial charge in [-0.05, 0) is 85.4 Å². The van der Waals surface area contributed by atoms with E-state index < -0.39 is 14.4 Å². The zero-order chi connectivity index (χ0) is 25.9. The monoisotopic (exact) mass is 502 g/mol. The summed E-state index contributed by atoms with van der Waals surface area (Å²) in [4.78, 5) is 12.5. The molecule has 2 saturated carbocycles. The molecular formula is C30H50O4Si. The summed E-state index contributed by atoms with van der Waals surface area (Å²) >= 11 is 0. The van der Waals surface area contributed by atoms with Crippen LogP contribution in [0.2, 0.25) is 18.1 Å². The first-order valence-electron chi connectivity index (χ1n) is 13.8. The molecule has 35 heavy (non-hydrogen) atoms. The fourth-order valence-corrected chi connectivity index (χ4v) is 7.97. The summed E-state index contributed by atoms with van der Waals surface area (Å²) in [6.45, 7) is 17.2. The van der Waals surface area contributed by atoms with Crippen molar-refractivity contribution in [2.75, 3.05) is 7.11 Å². The van der Waals surface area contributed by atoms with Crippen molar-refractivity contribution in [3.63, 3.8) is 0 Å². The molecule has 0 spiro atoms. The normalized spacial score (nSPS) is 28.9. The van der Waals surface area contributed by atoms with Crippen molar-refractivity contribution < 1.29 is 18.7 Å². The maximum absolute atomic E-state index is 12.5. The highest BCUT2D eigenvalue weighted by atomic mass is 28.4. The Hall–Kier alpha value is -1.17. The third-order valence-electron chi connectivity index (χ3n) is 9.72. The minimum absolute atomic E-state index is 0.245. The molecule has 198 valence electrons. The van der Waals surface area contributed by atoms with Gasteiger partial charge in [-0.15, -0.1) is 0 Å². The van der Waals surface area contributed by atoms with E-state index in [0.717, 1.165) is 12.0 Å². The molecule has 2 aliphatic carbocycles. The predicted molar refractivity (Wildman–Crippen MR) is 146 cm³/mol. The predicted octanol–water partition coefficient (Wildman–Crippen LogP) is 7.77. The number of esters is 1. The van der Waals surface area contributed by atoms with Gasteiger partial charge in [0.25, 0.3) is 0 Å². The lowest BCUT2D eigenvalue weighted by Gasteiger charge is -2.50. The van der Waals surface area contributed by atoms with E-state index in [9.17, 15) is 4.79 Å². The Morgan fingerprint density at radius 1 is 1.11 bits per heavy atom. The van der Waals surface area contributed by atoms with E-state index in [0.29, 0.717) is 42.3 Å². The molecule has 1 aromatic rings. The van der Waals surface area contributed by atoms with Crippen molar-refractivity contribution in [2.45, 2.75) is 117 Å². The summed E-state index contributed by atoms with van der Waals surface area (Å²) in [5.41, 5.74) is 1.41. The Bertz CT molecular complexity index is 817. The highest BCUT2D eigenvalue weighted by Gasteiger charge is 2.54. The third-order valence-corrected chi connectivity index (χ3v) is 14.2. The Morgan fingerprint density at radius 2 is 1.80 bits per heavy atom. The van der Waals surface area contributed by atoms with Crippen LogP contribution in [0.4, 0.5) is 0 Å². The first-order chi connectivity index (χ1) is 16.4. The van der Waals surface area contributed by atoms with Crippen molar-refractivity contribution in [3.8, 4) is 0 Å². The van der Waals surface area contributed by atoms with Crippen LogP contribution in [0.1, 0.15) is 85.1 Å². The van der Waals surface area contributed by atoms with Gasteiger partial charge in [0.2, 0.25) is 0 Å². The highest BCUT2D eigenvalue weighted by molar-refractivity contribution is 6.74. The van der Waals surface area contributed by atoms with Gasteiger partial charge in [-0.2, -0.15) is 0 Å². The quantitative estimate of drug-likeness (QED) is 0.242. The van der Waals surface area contributed by atoms with E-state index >= 15 is 0 Å². The van der Waals surface area contributed by atoms with Crippen LogP contribution in [0.5, 0.6) is 0 Å². The summed E-state index contributed by atoms with van der Waals surface area (Å²) in [6.07, 6.45) is 7.92. The summed E-state index contributed by atoms with van der Waals surface area (Å²) in [5, 5.41) is 0.245. The van der Waals surface area contributed by atoms with E-state index in [1.165, 1.54) is 39.2 Å². The molecule has 2 aliphatic rings. The van der Waals surface area contributed by atoms with Crippen molar-refractivity contribution >= 4 is 14.3 Å². The molecule has 0 amide bonds. The standard InChI is InChI=1S/C30H50O4Si/c1-22(16-19-27(28(31)32-6)33-21-23-13-10-9-11-14-23)24-17-18-25-26(15-12-20-30(24,25)5)34-35(7,8)29(2,3)4/h9-11,13-14,22,24-27H,12,15-21H2,1-8H3/t22-,24-,25+,26+,27-,30-/m1/s1. The van der Waals surface area contributed by atoms with E-state index in [4.69, 9.17) is 13.9 Å². The van der Waals surface area contributed by atoms with Crippen molar-refractivity contribution in [3.05, 3.63) is 35.9 Å². The van der Waals surface area contributed by atoms with Gasteiger partial charge in [0.05, 0.1) is 13.7 Å². The van der Waals surface area contributed by atoms with Crippen LogP contribution in [-0.4, -0.2) is 33.6 Å². The lowest BCUT2D eigenvalue weighted by Crippen LogP contribution is -2.50. The van der Waals surface area contributed by atoms with Crippen LogP contribution in [-0.2, 0) is 25.3 Å². The van der Waals surface area contributed by atoms with Crippen LogP contribution in [0.15, 0.2) is 30.3 Å². The number of rotatable bonds is 10. The zero-order valence-corrected chi connectivity index (χ0v) is 24.6. The molecule has 0 aromatic heterocycles. The molecule has 0 radical (unpaired) electrons. The maximum Gasteiger partial charge on any atom is 0.334 e. The fourth-order valence-electron chi connectivity index (χ4n) is 6.58. The minimum Gasteiger partial charge on any atom is -0.467 e. The molecule has 6 atom stereocenters. The summed E-state index contributed by atoms with van der Waals surface area (Å²) in [5.74, 6) is 1.61. The molecule has 5 heteroatoms. The van der Waals surface area contributed by atoms with Crippen LogP contribution in [0.25, 0.3) is 0 Å². The van der Waals surface area contributed by atoms with Crippen molar-refractivity contribution in [2.24, 2.45) is 23.2 Å². The minimum atomic E-state index is -1.79. The molecule has 0 heterocycles. The van der Waals surface area contributed by atoms with Crippen LogP contribution < -0.4 is 0 Å². The molecule has 0 N–H and O–H groups in total. The van der Waals surface area contributed by atoms with Gasteiger partial charge in [0.1, 0.15) is 0 Å². The Morgan fingerprint density at radius 3 is 2.43 bits per heavy atom. The fraction of sp³-hybridized carbons (Fsp3) is 0.767. The summed E-state index contributed by atoms with van der Waals surface area (Å²) in [6, 6.07) is 10.0. The SMILES string of the molecule is COC(=O)[C@@H](CC[C@@H](C)[C@H]1CC[C@H]2[C@@H](O[Si](C)(C)C(C)(C)C)CCC[C@]12C)OCc1ccccc1. The second-order valence-corrected chi connectivity index (χ2v) is 17.7. The Labute approximate surface area is 215 Å². The molecule has 0 aliphatic heterocycles. The number of hydrogen-bond acceptors (Lipinski definition) is 4. The van der Waals surface area contributed by atoms with Crippen molar-refractivity contribution in [1.82, 2.24) is 0 Å². The highest BCUT2D eigenvalue weighted by Crippen LogP contribution is 2.59. The second kappa shape index (κ2) is 11.5. The number of carbonyl (C=O) groups excluding carboxylic acids is 1. The van der Waals surface area contributed by atoms with E-state index in [-0.39, 0.29) is 11.0 Å². The van der Waals surface area contributed by atoms with E-state index in [1.807, 2.05) is 30.3 Å². The van der Waals surface area contributed by atoms with E-state index in [2.05, 4.69) is 47.7 Å². The Kier molecular flexibility index (Phi) is 9.31. The summed E-state index contributed by atoms with van der Waals surface area (Å²) in [7, 11) is -0.330. The van der Waals surface area contributed by atoms with Gasteiger partial charge in [0.15, 0.2) is 14.4 Å². The molecule has 2 fully saturated rings. The molecule has 4 nitrogen and oxygen atoms in total. The molecule has 0 bridgehead atoms. The van der Waals surface area contributed by atoms with Gasteiger partial charge < -0.3 is 13.9 Å². The van der Waals surface area contributed by atoms with Gasteiger partial charge in [0, 0.05) is 6.10 Å². The largest absolute Gasteiger partial charge is 0.467 e. The summed E-state index contributed by atoms with van der Waals surface area (Å²) < 4.78 is 18.1. The average molecular weight is 503 g/mol. The lowest BCUT2D eigenvalue weighted by atomic mass is 9.61. The van der Waals surface area contributed by atoms with Gasteiger partial charge in [-0.3, -0.25) is 0 Å². The topological polar surface area (TPSA) is 44.8 Å². The van der Waals surface area contributed by atoms with Crippen LogP contribution in [0.3, 0.4) is 0 Å². The first-order valence-corrected chi connectivity index (χ1v) is 16.7. The lowest BCUT2D eigenvalue weighted by molar-refractivity contribution is -0.155. The number of benzene rings is 1. The number of hydrogen-bond donors (Lipinski definition) is 0. The second-order valence-electron chi connectivity index (χ2n) is 13.0. The number of fused-ring (bicyclic) bond motifs is 1. The van der Waals surface area contributed by atoms with Crippen molar-refractivity contribution in [1.29, 1.82) is 0 Å². The molecule has 0 saturated heterocycles. The van der Waals surface area contributed by atoms with E-state index in [1.54, 1.807) is 0 Å². The first kappa shape index (κ1) is 28.4. The third kappa shape index (κ3) is 6.59. The maximum atomic E-state index is 12.5. The number of carbonyl (C=O) groups is 1. The zero-order valence-electron chi connectivity index (χ0n) is 23.6. The van der Waals surface area contributed by atoms with Gasteiger partial charge in [-0.1, -0.05) is 71.4 Å². The van der Waals surface area contributed by atoms with Gasteiger partial charge in [-0.25, -0.2) is 4.79 Å². The number of ether oxygens (including phenoxy) is 2. The molecule has 3 rings (SSSR count). The molecular weight excluding hydrogens is 452 g/mol. The Balaban J connectivity index is 1.62. The average Bonchev–Trinajstić information content (AvgIpc) is 3.16. The molecule has 1 aromatic carbocycles. The van der Waals surface area contributed by atoms with Gasteiger partial charge >= 0.3 is 5.97 Å². The molecule has 0 unspecified atom stereocenters.